The average Bonchev–Trinajstić information content (AvgIpc) is 2.93. The third kappa shape index (κ3) is 2.20. The van der Waals surface area contributed by atoms with Gasteiger partial charge in [0.05, 0.1) is 28.8 Å². The molecule has 2 aromatic heterocycles. The van der Waals surface area contributed by atoms with Crippen molar-refractivity contribution in [2.24, 2.45) is 0 Å². The average molecular weight is 358 g/mol. The zero-order valence-corrected chi connectivity index (χ0v) is 13.9. The largest absolute Gasteiger partial charge is 0.496 e. The van der Waals surface area contributed by atoms with E-state index in [4.69, 9.17) is 9.72 Å². The number of benzene rings is 1. The molecule has 0 atom stereocenters. The molecule has 0 aliphatic heterocycles. The van der Waals surface area contributed by atoms with Crippen LogP contribution in [-0.2, 0) is 12.8 Å². The van der Waals surface area contributed by atoms with Crippen molar-refractivity contribution >= 4 is 27.0 Å². The number of ether oxygens (including phenoxy) is 1. The number of aromatic amines is 1. The van der Waals surface area contributed by atoms with E-state index in [1.165, 1.54) is 24.1 Å². The predicted molar refractivity (Wildman–Crippen MR) is 90.2 cm³/mol. The van der Waals surface area contributed by atoms with Gasteiger partial charge in [0.25, 0.3) is 0 Å². The molecule has 0 spiro atoms. The molecule has 1 aliphatic rings. The zero-order valence-electron chi connectivity index (χ0n) is 12.3. The van der Waals surface area contributed by atoms with Crippen LogP contribution in [0.4, 0.5) is 0 Å². The summed E-state index contributed by atoms with van der Waals surface area (Å²) in [6.07, 6.45) is 6.61. The first kappa shape index (κ1) is 13.8. The number of methoxy groups -OCH3 is 1. The minimum absolute atomic E-state index is 0.741. The fourth-order valence-electron chi connectivity index (χ4n) is 3.11. The van der Waals surface area contributed by atoms with E-state index in [-0.39, 0.29) is 0 Å². The molecule has 0 saturated carbocycles. The van der Waals surface area contributed by atoms with E-state index in [1.54, 1.807) is 7.11 Å². The van der Waals surface area contributed by atoms with Crippen molar-refractivity contribution in [2.45, 2.75) is 25.7 Å². The van der Waals surface area contributed by atoms with Crippen LogP contribution in [0, 0.1) is 0 Å². The molecule has 0 amide bonds. The Morgan fingerprint density at radius 3 is 2.95 bits per heavy atom. The molecule has 4 nitrogen and oxygen atoms in total. The normalized spacial score (nSPS) is 14.1. The molecule has 2 heterocycles. The minimum atomic E-state index is 0.741. The Labute approximate surface area is 137 Å². The SMILES string of the molecule is COc1cc(-c2ncc3[nH]c4c(c3n2)CCCC4)ccc1Br. The van der Waals surface area contributed by atoms with Crippen molar-refractivity contribution in [2.75, 3.05) is 7.11 Å². The molecule has 0 saturated heterocycles. The Balaban J connectivity index is 1.85. The first-order chi connectivity index (χ1) is 10.8. The van der Waals surface area contributed by atoms with Crippen molar-refractivity contribution in [3.8, 4) is 17.1 Å². The van der Waals surface area contributed by atoms with Crippen LogP contribution in [0.25, 0.3) is 22.4 Å². The van der Waals surface area contributed by atoms with Crippen LogP contribution in [0.15, 0.2) is 28.9 Å². The van der Waals surface area contributed by atoms with Gasteiger partial charge in [0.1, 0.15) is 5.75 Å². The predicted octanol–water partition coefficient (Wildman–Crippen LogP) is 4.27. The Morgan fingerprint density at radius 2 is 2.09 bits per heavy atom. The Morgan fingerprint density at radius 1 is 1.23 bits per heavy atom. The van der Waals surface area contributed by atoms with Crippen LogP contribution < -0.4 is 4.74 Å². The van der Waals surface area contributed by atoms with Crippen LogP contribution in [0.2, 0.25) is 0 Å². The summed E-state index contributed by atoms with van der Waals surface area (Å²) >= 11 is 3.48. The number of H-pyrrole nitrogens is 1. The molecule has 5 heteroatoms. The molecule has 4 rings (SSSR count). The smallest absolute Gasteiger partial charge is 0.160 e. The summed E-state index contributed by atoms with van der Waals surface area (Å²) in [5.74, 6) is 1.53. The summed E-state index contributed by atoms with van der Waals surface area (Å²) in [5, 5.41) is 0. The van der Waals surface area contributed by atoms with Gasteiger partial charge >= 0.3 is 0 Å². The van der Waals surface area contributed by atoms with E-state index in [9.17, 15) is 0 Å². The maximum Gasteiger partial charge on any atom is 0.160 e. The van der Waals surface area contributed by atoms with Gasteiger partial charge in [0.15, 0.2) is 5.82 Å². The lowest BCUT2D eigenvalue weighted by Crippen LogP contribution is -2.00. The second-order valence-electron chi connectivity index (χ2n) is 5.59. The number of hydrogen-bond acceptors (Lipinski definition) is 3. The van der Waals surface area contributed by atoms with E-state index < -0.39 is 0 Å². The van der Waals surface area contributed by atoms with E-state index in [0.29, 0.717) is 0 Å². The van der Waals surface area contributed by atoms with Gasteiger partial charge in [0, 0.05) is 11.3 Å². The monoisotopic (exact) mass is 357 g/mol. The van der Waals surface area contributed by atoms with E-state index in [2.05, 4.69) is 25.9 Å². The molecule has 1 aromatic carbocycles. The Kier molecular flexibility index (Phi) is 3.37. The molecule has 1 N–H and O–H groups in total. The second-order valence-corrected chi connectivity index (χ2v) is 6.45. The van der Waals surface area contributed by atoms with Gasteiger partial charge in [0.2, 0.25) is 0 Å². The highest BCUT2D eigenvalue weighted by Crippen LogP contribution is 2.32. The van der Waals surface area contributed by atoms with Gasteiger partial charge in [-0.15, -0.1) is 0 Å². The van der Waals surface area contributed by atoms with Gasteiger partial charge < -0.3 is 9.72 Å². The molecule has 1 aliphatic carbocycles. The van der Waals surface area contributed by atoms with Gasteiger partial charge in [-0.2, -0.15) is 0 Å². The molecule has 22 heavy (non-hydrogen) atoms. The van der Waals surface area contributed by atoms with Crippen molar-refractivity contribution in [3.05, 3.63) is 40.1 Å². The van der Waals surface area contributed by atoms with Crippen LogP contribution in [0.1, 0.15) is 24.1 Å². The zero-order chi connectivity index (χ0) is 15.1. The Bertz CT molecular complexity index is 856. The number of nitrogens with zero attached hydrogens (tertiary/aromatic N) is 2. The fraction of sp³-hybridized carbons (Fsp3) is 0.294. The molecular weight excluding hydrogens is 342 g/mol. The van der Waals surface area contributed by atoms with Gasteiger partial charge in [-0.1, -0.05) is 0 Å². The third-order valence-electron chi connectivity index (χ3n) is 4.24. The van der Waals surface area contributed by atoms with E-state index >= 15 is 0 Å². The number of aryl methyl sites for hydroxylation is 2. The summed E-state index contributed by atoms with van der Waals surface area (Å²) in [6.45, 7) is 0. The maximum absolute atomic E-state index is 5.36. The maximum atomic E-state index is 5.36. The molecule has 112 valence electrons. The van der Waals surface area contributed by atoms with Crippen molar-refractivity contribution in [1.82, 2.24) is 15.0 Å². The van der Waals surface area contributed by atoms with E-state index in [1.807, 2.05) is 24.4 Å². The highest BCUT2D eigenvalue weighted by Gasteiger charge is 2.17. The molecule has 0 fully saturated rings. The quantitative estimate of drug-likeness (QED) is 0.744. The lowest BCUT2D eigenvalue weighted by Gasteiger charge is -2.10. The fourth-order valence-corrected chi connectivity index (χ4v) is 3.52. The lowest BCUT2D eigenvalue weighted by atomic mass is 9.97. The van der Waals surface area contributed by atoms with Crippen molar-refractivity contribution in [1.29, 1.82) is 0 Å². The molecule has 0 radical (unpaired) electrons. The first-order valence-electron chi connectivity index (χ1n) is 7.46. The summed E-state index contributed by atoms with van der Waals surface area (Å²) in [5.41, 5.74) is 5.78. The van der Waals surface area contributed by atoms with Crippen LogP contribution in [-0.4, -0.2) is 22.1 Å². The standard InChI is InChI=1S/C17H16BrN3O/c1-22-15-8-10(6-7-12(15)18)17-19-9-14-16(21-17)11-4-2-3-5-13(11)20-14/h6-9,20H,2-5H2,1H3. The van der Waals surface area contributed by atoms with Crippen LogP contribution >= 0.6 is 15.9 Å². The summed E-state index contributed by atoms with van der Waals surface area (Å²) < 4.78 is 6.29. The molecule has 0 bridgehead atoms. The number of halogens is 1. The highest BCUT2D eigenvalue weighted by atomic mass is 79.9. The molecule has 3 aromatic rings. The van der Waals surface area contributed by atoms with E-state index in [0.717, 1.165) is 45.5 Å². The van der Waals surface area contributed by atoms with Gasteiger partial charge in [-0.05, 0) is 65.4 Å². The van der Waals surface area contributed by atoms with Crippen LogP contribution in [0.5, 0.6) is 5.75 Å². The second kappa shape index (κ2) is 5.39. The van der Waals surface area contributed by atoms with Crippen molar-refractivity contribution < 1.29 is 4.74 Å². The van der Waals surface area contributed by atoms with Gasteiger partial charge in [-0.25, -0.2) is 9.97 Å². The number of hydrogen-bond donors (Lipinski definition) is 1. The minimum Gasteiger partial charge on any atom is -0.496 e. The van der Waals surface area contributed by atoms with Gasteiger partial charge in [-0.3, -0.25) is 0 Å². The highest BCUT2D eigenvalue weighted by molar-refractivity contribution is 9.10. The number of aromatic nitrogens is 3. The number of rotatable bonds is 2. The summed E-state index contributed by atoms with van der Waals surface area (Å²) in [4.78, 5) is 12.8. The molecule has 0 unspecified atom stereocenters. The lowest BCUT2D eigenvalue weighted by molar-refractivity contribution is 0.412. The summed E-state index contributed by atoms with van der Waals surface area (Å²) in [6, 6.07) is 5.94. The number of fused-ring (bicyclic) bond motifs is 3. The summed E-state index contributed by atoms with van der Waals surface area (Å²) in [7, 11) is 1.66. The Hall–Kier alpha value is -1.88. The molecular formula is C17H16BrN3O. The van der Waals surface area contributed by atoms with Crippen molar-refractivity contribution in [3.63, 3.8) is 0 Å². The number of nitrogens with one attached hydrogen (secondary N) is 1. The van der Waals surface area contributed by atoms with Crippen LogP contribution in [0.3, 0.4) is 0 Å². The topological polar surface area (TPSA) is 50.8 Å². The third-order valence-corrected chi connectivity index (χ3v) is 4.89. The first-order valence-corrected chi connectivity index (χ1v) is 8.26.